The summed E-state index contributed by atoms with van der Waals surface area (Å²) >= 11 is 0. The number of carboxylic acid groups (broad SMARTS) is 1. The largest absolute Gasteiger partial charge is 0.484 e. The summed E-state index contributed by atoms with van der Waals surface area (Å²) in [5.41, 5.74) is -0.678. The van der Waals surface area contributed by atoms with Gasteiger partial charge in [-0.1, -0.05) is 6.92 Å². The molecule has 0 aromatic heterocycles. The zero-order chi connectivity index (χ0) is 17.9. The standard InChI is InChI=1S/C15H17FN2O6/c1-9-4-10(15(20)21)7-17(6-9)14(19)8-24-11-2-3-13(18(22)23)12(16)5-11/h2-3,5,9-10H,4,6-8H2,1H3,(H,20,21). The first kappa shape index (κ1) is 17.6. The highest BCUT2D eigenvalue weighted by molar-refractivity contribution is 5.79. The fraction of sp³-hybridized carbons (Fsp3) is 0.467. The van der Waals surface area contributed by atoms with E-state index in [1.807, 2.05) is 6.92 Å². The van der Waals surface area contributed by atoms with E-state index < -0.39 is 40.8 Å². The van der Waals surface area contributed by atoms with Crippen LogP contribution < -0.4 is 4.74 Å². The Bertz CT molecular complexity index is 665. The Hall–Kier alpha value is -2.71. The Labute approximate surface area is 137 Å². The minimum absolute atomic E-state index is 0.00806. The van der Waals surface area contributed by atoms with E-state index in [1.165, 1.54) is 11.0 Å². The number of nitro benzene ring substituents is 1. The number of nitro groups is 1. The molecule has 0 bridgehead atoms. The van der Waals surface area contributed by atoms with Crippen LogP contribution in [0, 0.1) is 27.8 Å². The van der Waals surface area contributed by atoms with Gasteiger partial charge < -0.3 is 14.7 Å². The van der Waals surface area contributed by atoms with E-state index in [4.69, 9.17) is 9.84 Å². The highest BCUT2D eigenvalue weighted by Crippen LogP contribution is 2.24. The summed E-state index contributed by atoms with van der Waals surface area (Å²) in [6, 6.07) is 3.00. The smallest absolute Gasteiger partial charge is 0.308 e. The molecule has 1 aromatic carbocycles. The van der Waals surface area contributed by atoms with E-state index in [1.54, 1.807) is 0 Å². The summed E-state index contributed by atoms with van der Waals surface area (Å²) in [6.45, 7) is 2.01. The van der Waals surface area contributed by atoms with Gasteiger partial charge in [0, 0.05) is 25.2 Å². The molecule has 1 aliphatic heterocycles. The number of nitrogens with zero attached hydrogens (tertiary/aromatic N) is 2. The third-order valence-electron chi connectivity index (χ3n) is 3.84. The Morgan fingerprint density at radius 2 is 2.17 bits per heavy atom. The van der Waals surface area contributed by atoms with Crippen molar-refractivity contribution in [2.75, 3.05) is 19.7 Å². The number of rotatable bonds is 5. The van der Waals surface area contributed by atoms with Crippen LogP contribution >= 0.6 is 0 Å². The van der Waals surface area contributed by atoms with Gasteiger partial charge in [-0.2, -0.15) is 4.39 Å². The van der Waals surface area contributed by atoms with Gasteiger partial charge in [0.2, 0.25) is 5.82 Å². The minimum atomic E-state index is -1.05. The van der Waals surface area contributed by atoms with E-state index in [9.17, 15) is 24.1 Å². The normalized spacial score (nSPS) is 20.5. The lowest BCUT2D eigenvalue weighted by molar-refractivity contribution is -0.387. The molecule has 1 heterocycles. The maximum absolute atomic E-state index is 13.5. The van der Waals surface area contributed by atoms with Crippen molar-refractivity contribution in [3.8, 4) is 5.75 Å². The van der Waals surface area contributed by atoms with Gasteiger partial charge >= 0.3 is 11.7 Å². The molecule has 9 heteroatoms. The molecule has 24 heavy (non-hydrogen) atoms. The SMILES string of the molecule is CC1CC(C(=O)O)CN(C(=O)COc2ccc([N+](=O)[O-])c(F)c2)C1. The Balaban J connectivity index is 1.96. The van der Waals surface area contributed by atoms with Gasteiger partial charge in [-0.05, 0) is 18.4 Å². The van der Waals surface area contributed by atoms with Crippen LogP contribution in [0.25, 0.3) is 0 Å². The number of amides is 1. The number of piperidine rings is 1. The Morgan fingerprint density at radius 1 is 1.46 bits per heavy atom. The van der Waals surface area contributed by atoms with E-state index in [-0.39, 0.29) is 18.2 Å². The Morgan fingerprint density at radius 3 is 2.75 bits per heavy atom. The highest BCUT2D eigenvalue weighted by atomic mass is 19.1. The summed E-state index contributed by atoms with van der Waals surface area (Å²) in [7, 11) is 0. The van der Waals surface area contributed by atoms with Crippen molar-refractivity contribution in [3.63, 3.8) is 0 Å². The average Bonchev–Trinajstić information content (AvgIpc) is 2.51. The molecule has 1 amide bonds. The molecular formula is C15H17FN2O6. The van der Waals surface area contributed by atoms with Gasteiger partial charge in [-0.15, -0.1) is 0 Å². The van der Waals surface area contributed by atoms with Crippen LogP contribution in [0.15, 0.2) is 18.2 Å². The molecule has 2 rings (SSSR count). The van der Waals surface area contributed by atoms with Crippen LogP contribution in [-0.2, 0) is 9.59 Å². The number of likely N-dealkylation sites (tertiary alicyclic amines) is 1. The number of carboxylic acids is 1. The topological polar surface area (TPSA) is 110 Å². The van der Waals surface area contributed by atoms with Crippen molar-refractivity contribution in [2.45, 2.75) is 13.3 Å². The number of carbonyl (C=O) groups is 2. The molecule has 0 aliphatic carbocycles. The molecule has 1 fully saturated rings. The van der Waals surface area contributed by atoms with E-state index in [2.05, 4.69) is 0 Å². The third-order valence-corrected chi connectivity index (χ3v) is 3.84. The molecule has 2 atom stereocenters. The minimum Gasteiger partial charge on any atom is -0.484 e. The van der Waals surface area contributed by atoms with E-state index in [0.29, 0.717) is 13.0 Å². The highest BCUT2D eigenvalue weighted by Gasteiger charge is 2.32. The van der Waals surface area contributed by atoms with Gasteiger partial charge in [0.15, 0.2) is 6.61 Å². The molecule has 0 spiro atoms. The predicted octanol–water partition coefficient (Wildman–Crippen LogP) is 1.68. The van der Waals surface area contributed by atoms with Crippen LogP contribution in [-0.4, -0.2) is 46.5 Å². The van der Waals surface area contributed by atoms with Crippen LogP contribution in [0.2, 0.25) is 0 Å². The molecule has 8 nitrogen and oxygen atoms in total. The summed E-state index contributed by atoms with van der Waals surface area (Å²) in [5.74, 6) is -2.98. The predicted molar refractivity (Wildman–Crippen MR) is 80.0 cm³/mol. The van der Waals surface area contributed by atoms with Crippen molar-refractivity contribution < 1.29 is 28.7 Å². The van der Waals surface area contributed by atoms with Crippen LogP contribution in [0.3, 0.4) is 0 Å². The third kappa shape index (κ3) is 4.18. The second-order valence-corrected chi connectivity index (χ2v) is 5.83. The lowest BCUT2D eigenvalue weighted by Gasteiger charge is -2.34. The van der Waals surface area contributed by atoms with Crippen molar-refractivity contribution in [3.05, 3.63) is 34.1 Å². The molecule has 0 radical (unpaired) electrons. The van der Waals surface area contributed by atoms with Gasteiger partial charge in [0.25, 0.3) is 5.91 Å². The van der Waals surface area contributed by atoms with Gasteiger partial charge in [0.1, 0.15) is 5.75 Å². The number of ether oxygens (including phenoxy) is 1. The maximum atomic E-state index is 13.5. The van der Waals surface area contributed by atoms with E-state index >= 15 is 0 Å². The number of benzene rings is 1. The molecule has 2 unspecified atom stereocenters. The fourth-order valence-corrected chi connectivity index (χ4v) is 2.70. The van der Waals surface area contributed by atoms with Gasteiger partial charge in [-0.25, -0.2) is 0 Å². The van der Waals surface area contributed by atoms with Crippen molar-refractivity contribution in [2.24, 2.45) is 11.8 Å². The first-order chi connectivity index (χ1) is 11.3. The summed E-state index contributed by atoms with van der Waals surface area (Å²) in [5, 5.41) is 19.6. The van der Waals surface area contributed by atoms with Crippen LogP contribution in [0.5, 0.6) is 5.75 Å². The van der Waals surface area contributed by atoms with Crippen molar-refractivity contribution >= 4 is 17.6 Å². The second-order valence-electron chi connectivity index (χ2n) is 5.83. The fourth-order valence-electron chi connectivity index (χ4n) is 2.70. The first-order valence-corrected chi connectivity index (χ1v) is 7.35. The first-order valence-electron chi connectivity index (χ1n) is 7.35. The maximum Gasteiger partial charge on any atom is 0.308 e. The molecule has 1 aromatic rings. The monoisotopic (exact) mass is 340 g/mol. The molecule has 1 N–H and O–H groups in total. The van der Waals surface area contributed by atoms with Crippen LogP contribution in [0.4, 0.5) is 10.1 Å². The lowest BCUT2D eigenvalue weighted by Crippen LogP contribution is -2.47. The van der Waals surface area contributed by atoms with Gasteiger partial charge in [0.05, 0.1) is 10.8 Å². The zero-order valence-electron chi connectivity index (χ0n) is 13.0. The zero-order valence-corrected chi connectivity index (χ0v) is 13.0. The van der Waals surface area contributed by atoms with Crippen molar-refractivity contribution in [1.29, 1.82) is 0 Å². The Kier molecular flexibility index (Phi) is 5.32. The summed E-state index contributed by atoms with van der Waals surface area (Å²) in [4.78, 5) is 34.4. The average molecular weight is 340 g/mol. The number of hydrogen-bond acceptors (Lipinski definition) is 5. The quantitative estimate of drug-likeness (QED) is 0.645. The molecular weight excluding hydrogens is 323 g/mol. The molecule has 0 saturated carbocycles. The second kappa shape index (κ2) is 7.24. The lowest BCUT2D eigenvalue weighted by atomic mass is 9.90. The van der Waals surface area contributed by atoms with Gasteiger partial charge in [-0.3, -0.25) is 19.7 Å². The summed E-state index contributed by atoms with van der Waals surface area (Å²) < 4.78 is 18.7. The van der Waals surface area contributed by atoms with Crippen LogP contribution in [0.1, 0.15) is 13.3 Å². The molecule has 130 valence electrons. The molecule has 1 aliphatic rings. The summed E-state index contributed by atoms with van der Waals surface area (Å²) in [6.07, 6.45) is 0.507. The van der Waals surface area contributed by atoms with E-state index in [0.717, 1.165) is 12.1 Å². The molecule has 1 saturated heterocycles. The number of halogens is 1. The van der Waals surface area contributed by atoms with Crippen molar-refractivity contribution in [1.82, 2.24) is 4.90 Å². The number of aliphatic carboxylic acids is 1. The number of hydrogen-bond donors (Lipinski definition) is 1. The number of carbonyl (C=O) groups excluding carboxylic acids is 1.